The number of piperidine rings is 1. The van der Waals surface area contributed by atoms with Gasteiger partial charge in [0.25, 0.3) is 17.3 Å². The van der Waals surface area contributed by atoms with E-state index in [1.165, 1.54) is 42.6 Å². The average Bonchev–Trinajstić information content (AvgIpc) is 2.89. The number of nitro groups is 2. The molecule has 0 bridgehead atoms. The third kappa shape index (κ3) is 6.20. The van der Waals surface area contributed by atoms with Crippen molar-refractivity contribution >= 4 is 35.1 Å². The van der Waals surface area contributed by atoms with Gasteiger partial charge < -0.3 is 9.80 Å². The second-order valence-corrected chi connectivity index (χ2v) is 8.30. The molecule has 1 fully saturated rings. The van der Waals surface area contributed by atoms with Gasteiger partial charge in [-0.15, -0.1) is 0 Å². The summed E-state index contributed by atoms with van der Waals surface area (Å²) in [5.41, 5.74) is 3.34. The van der Waals surface area contributed by atoms with Crippen LogP contribution in [0.5, 0.6) is 0 Å². The van der Waals surface area contributed by atoms with Crippen LogP contribution in [0.3, 0.4) is 0 Å². The van der Waals surface area contributed by atoms with Crippen molar-refractivity contribution in [3.8, 4) is 0 Å². The highest BCUT2D eigenvalue weighted by Crippen LogP contribution is 2.29. The van der Waals surface area contributed by atoms with E-state index in [4.69, 9.17) is 0 Å². The average molecular weight is 497 g/mol. The molecule has 1 N–H and O–H groups in total. The molecule has 1 atom stereocenters. The van der Waals surface area contributed by atoms with Crippen LogP contribution < -0.4 is 10.3 Å². The van der Waals surface area contributed by atoms with Gasteiger partial charge in [-0.2, -0.15) is 5.10 Å². The molecule has 1 unspecified atom stereocenters. The summed E-state index contributed by atoms with van der Waals surface area (Å²) < 4.78 is 0. The summed E-state index contributed by atoms with van der Waals surface area (Å²) in [6.07, 6.45) is 2.89. The van der Waals surface area contributed by atoms with Gasteiger partial charge in [-0.05, 0) is 44.9 Å². The molecule has 1 heterocycles. The van der Waals surface area contributed by atoms with Gasteiger partial charge >= 0.3 is 0 Å². The molecule has 36 heavy (non-hydrogen) atoms. The summed E-state index contributed by atoms with van der Waals surface area (Å²) in [6, 6.07) is 9.44. The summed E-state index contributed by atoms with van der Waals surface area (Å²) in [7, 11) is 0. The Morgan fingerprint density at radius 1 is 1.08 bits per heavy atom. The number of hydrogen-bond donors (Lipinski definition) is 1. The molecule has 2 amide bonds. The molecule has 12 nitrogen and oxygen atoms in total. The molecule has 2 aromatic rings. The van der Waals surface area contributed by atoms with E-state index >= 15 is 0 Å². The Labute approximate surface area is 207 Å². The fraction of sp³-hybridized carbons (Fsp3) is 0.375. The molecule has 1 aliphatic heterocycles. The third-order valence-electron chi connectivity index (χ3n) is 6.12. The van der Waals surface area contributed by atoms with Crippen LogP contribution >= 0.6 is 0 Å². The molecule has 1 saturated heterocycles. The maximum absolute atomic E-state index is 12.9. The lowest BCUT2D eigenvalue weighted by Crippen LogP contribution is -2.45. The normalized spacial score (nSPS) is 15.5. The molecule has 2 aromatic carbocycles. The number of non-ortho nitro benzene ring substituents is 2. The van der Waals surface area contributed by atoms with E-state index in [-0.39, 0.29) is 28.8 Å². The zero-order chi connectivity index (χ0) is 26.2. The van der Waals surface area contributed by atoms with Gasteiger partial charge in [0, 0.05) is 67.3 Å². The van der Waals surface area contributed by atoms with Gasteiger partial charge in [0.2, 0.25) is 5.91 Å². The minimum Gasteiger partial charge on any atom is -0.370 e. The van der Waals surface area contributed by atoms with Crippen LogP contribution in [0.15, 0.2) is 47.6 Å². The van der Waals surface area contributed by atoms with Crippen LogP contribution in [0.4, 0.5) is 17.1 Å². The Hall–Kier alpha value is -4.35. The SMILES string of the molecule is CCN(CC)C(=O)C1CCCN(c2ccc([N+](=O)[O-])cc2/C=N/NC(=O)c2ccc([N+](=O)[O-])cc2)C1. The summed E-state index contributed by atoms with van der Waals surface area (Å²) in [5.74, 6) is -0.673. The largest absolute Gasteiger partial charge is 0.370 e. The monoisotopic (exact) mass is 496 g/mol. The van der Waals surface area contributed by atoms with Gasteiger partial charge in [0.05, 0.1) is 22.0 Å². The first-order valence-electron chi connectivity index (χ1n) is 11.6. The summed E-state index contributed by atoms with van der Waals surface area (Å²) in [6.45, 7) is 6.31. The minimum absolute atomic E-state index is 0.0946. The lowest BCUT2D eigenvalue weighted by atomic mass is 9.95. The first-order valence-corrected chi connectivity index (χ1v) is 11.6. The molecule has 0 aliphatic carbocycles. The van der Waals surface area contributed by atoms with Gasteiger partial charge in [0.1, 0.15) is 0 Å². The Bertz CT molecular complexity index is 1160. The maximum Gasteiger partial charge on any atom is 0.271 e. The number of hydrogen-bond acceptors (Lipinski definition) is 8. The lowest BCUT2D eigenvalue weighted by molar-refractivity contribution is -0.385. The minimum atomic E-state index is -0.587. The van der Waals surface area contributed by atoms with Gasteiger partial charge in [-0.1, -0.05) is 0 Å². The van der Waals surface area contributed by atoms with Crippen LogP contribution in [0, 0.1) is 26.1 Å². The predicted molar refractivity (Wildman–Crippen MR) is 134 cm³/mol. The number of nitrogens with one attached hydrogen (secondary N) is 1. The highest BCUT2D eigenvalue weighted by molar-refractivity contribution is 5.96. The third-order valence-corrected chi connectivity index (χ3v) is 6.12. The van der Waals surface area contributed by atoms with Crippen LogP contribution in [-0.2, 0) is 4.79 Å². The van der Waals surface area contributed by atoms with E-state index in [1.54, 1.807) is 11.0 Å². The molecule has 3 rings (SSSR count). The van der Waals surface area contributed by atoms with Gasteiger partial charge in [0.15, 0.2) is 0 Å². The maximum atomic E-state index is 12.9. The van der Waals surface area contributed by atoms with E-state index < -0.39 is 15.8 Å². The first-order chi connectivity index (χ1) is 17.2. The lowest BCUT2D eigenvalue weighted by Gasteiger charge is -2.36. The second kappa shape index (κ2) is 11.9. The fourth-order valence-corrected chi connectivity index (χ4v) is 4.20. The van der Waals surface area contributed by atoms with Crippen molar-refractivity contribution in [3.05, 3.63) is 73.8 Å². The standard InChI is InChI=1S/C24H28N6O6/c1-3-27(4-2)24(32)18-6-5-13-28(16-18)22-12-11-21(30(35)36)14-19(22)15-25-26-23(31)17-7-9-20(10-8-17)29(33)34/h7-12,14-15,18H,3-6,13,16H2,1-2H3,(H,26,31)/b25-15+. The summed E-state index contributed by atoms with van der Waals surface area (Å²) in [4.78, 5) is 50.1. The molecular formula is C24H28N6O6. The molecule has 12 heteroatoms. The molecule has 190 valence electrons. The van der Waals surface area contributed by atoms with Crippen molar-refractivity contribution in [2.45, 2.75) is 26.7 Å². The van der Waals surface area contributed by atoms with E-state index in [0.717, 1.165) is 12.8 Å². The number of nitro benzene ring substituents is 2. The second-order valence-electron chi connectivity index (χ2n) is 8.30. The summed E-state index contributed by atoms with van der Waals surface area (Å²) in [5, 5.41) is 26.1. The van der Waals surface area contributed by atoms with Crippen LogP contribution in [0.1, 0.15) is 42.6 Å². The highest BCUT2D eigenvalue weighted by Gasteiger charge is 2.29. The van der Waals surface area contributed by atoms with E-state index in [1.807, 2.05) is 18.7 Å². The van der Waals surface area contributed by atoms with Crippen LogP contribution in [0.2, 0.25) is 0 Å². The number of carbonyl (C=O) groups excluding carboxylic acids is 2. The molecule has 0 spiro atoms. The number of hydrazone groups is 1. The number of carbonyl (C=O) groups is 2. The molecule has 1 aliphatic rings. The van der Waals surface area contributed by atoms with E-state index in [0.29, 0.717) is 37.4 Å². The summed E-state index contributed by atoms with van der Waals surface area (Å²) >= 11 is 0. The highest BCUT2D eigenvalue weighted by atomic mass is 16.6. The smallest absolute Gasteiger partial charge is 0.271 e. The number of nitrogens with zero attached hydrogens (tertiary/aromatic N) is 5. The van der Waals surface area contributed by atoms with Crippen molar-refractivity contribution in [2.75, 3.05) is 31.1 Å². The number of rotatable bonds is 9. The molecule has 0 saturated carbocycles. The Morgan fingerprint density at radius 2 is 1.72 bits per heavy atom. The Morgan fingerprint density at radius 3 is 2.33 bits per heavy atom. The Kier molecular flexibility index (Phi) is 8.66. The number of anilines is 1. The van der Waals surface area contributed by atoms with Crippen molar-refractivity contribution in [2.24, 2.45) is 11.0 Å². The van der Waals surface area contributed by atoms with E-state index in [2.05, 4.69) is 10.5 Å². The zero-order valence-electron chi connectivity index (χ0n) is 20.1. The molecular weight excluding hydrogens is 468 g/mol. The first kappa shape index (κ1) is 26.3. The topological polar surface area (TPSA) is 151 Å². The number of amides is 2. The van der Waals surface area contributed by atoms with Crippen molar-refractivity contribution in [3.63, 3.8) is 0 Å². The van der Waals surface area contributed by atoms with Crippen LogP contribution in [0.25, 0.3) is 0 Å². The van der Waals surface area contributed by atoms with Crippen LogP contribution in [-0.4, -0.2) is 59.0 Å². The van der Waals surface area contributed by atoms with Crippen molar-refractivity contribution < 1.29 is 19.4 Å². The van der Waals surface area contributed by atoms with Gasteiger partial charge in [-0.3, -0.25) is 29.8 Å². The quantitative estimate of drug-likeness (QED) is 0.317. The Balaban J connectivity index is 1.80. The fourth-order valence-electron chi connectivity index (χ4n) is 4.20. The number of benzene rings is 2. The van der Waals surface area contributed by atoms with E-state index in [9.17, 15) is 29.8 Å². The molecule has 0 aromatic heterocycles. The van der Waals surface area contributed by atoms with Gasteiger partial charge in [-0.25, -0.2) is 5.43 Å². The predicted octanol–water partition coefficient (Wildman–Crippen LogP) is 3.35. The van der Waals surface area contributed by atoms with Crippen molar-refractivity contribution in [1.29, 1.82) is 0 Å². The van der Waals surface area contributed by atoms with Crippen molar-refractivity contribution in [1.82, 2.24) is 10.3 Å². The molecule has 0 radical (unpaired) electrons. The zero-order valence-corrected chi connectivity index (χ0v) is 20.1.